The van der Waals surface area contributed by atoms with Gasteiger partial charge < -0.3 is 6.74 Å². The van der Waals surface area contributed by atoms with Crippen molar-refractivity contribution < 1.29 is 35.8 Å². The first-order valence-corrected chi connectivity index (χ1v) is 3.58. The summed E-state index contributed by atoms with van der Waals surface area (Å²) < 4.78 is 0. The molecule has 0 aromatic carbocycles. The third kappa shape index (κ3) is 8.47. The van der Waals surface area contributed by atoms with Crippen LogP contribution < -0.4 is 34.9 Å². The zero-order chi connectivity index (χ0) is 7.11. The third-order valence-electron chi connectivity index (χ3n) is 1.05. The maximum atomic E-state index is 10.7. The summed E-state index contributed by atoms with van der Waals surface area (Å²) in [5.41, 5.74) is 0. The largest absolute Gasteiger partial charge is 1.00 e. The second-order valence-corrected chi connectivity index (χ2v) is 2.10. The van der Waals surface area contributed by atoms with Crippen LogP contribution in [0.2, 0.25) is 0 Å². The molecule has 0 aromatic rings. The summed E-state index contributed by atoms with van der Waals surface area (Å²) in [6, 6.07) is 0. The van der Waals surface area contributed by atoms with Crippen molar-refractivity contribution in [2.24, 2.45) is 0 Å². The van der Waals surface area contributed by atoms with E-state index < -0.39 is 0 Å². The van der Waals surface area contributed by atoms with Crippen molar-refractivity contribution in [1.29, 1.82) is 0 Å². The number of carbonyl (C=O) groups excluding carboxylic acids is 1. The van der Waals surface area contributed by atoms with Gasteiger partial charge in [0.15, 0.2) is 0 Å². The minimum atomic E-state index is 0. The molecule has 10 heavy (non-hydrogen) atoms. The molecule has 0 aromatic heterocycles. The van der Waals surface area contributed by atoms with Gasteiger partial charge in [-0.25, -0.2) is 0 Å². The maximum Gasteiger partial charge on any atom is 1.00 e. The monoisotopic (exact) mass is 153 g/mol. The van der Waals surface area contributed by atoms with Crippen molar-refractivity contribution in [1.82, 2.24) is 5.32 Å². The number of amides is 1. The molecule has 2 nitrogen and oxygen atoms in total. The first kappa shape index (κ1) is 13.1. The van der Waals surface area contributed by atoms with Gasteiger partial charge in [0.25, 0.3) is 0 Å². The van der Waals surface area contributed by atoms with Gasteiger partial charge in [0.2, 0.25) is 5.91 Å². The molecule has 0 spiro atoms. The Kier molecular flexibility index (Phi) is 12.4. The molecular formula is C7H16NNaO. The average Bonchev–Trinajstić information content (AvgIpc) is 1.85. The van der Waals surface area contributed by atoms with Crippen molar-refractivity contribution in [3.05, 3.63) is 0 Å². The van der Waals surface area contributed by atoms with E-state index in [1.54, 1.807) is 0 Å². The molecule has 0 aliphatic heterocycles. The summed E-state index contributed by atoms with van der Waals surface area (Å²) in [5.74, 6) is 0.180. The van der Waals surface area contributed by atoms with Crippen LogP contribution >= 0.6 is 0 Å². The van der Waals surface area contributed by atoms with Gasteiger partial charge in [0.1, 0.15) is 0 Å². The molecule has 0 saturated heterocycles. The van der Waals surface area contributed by atoms with Gasteiger partial charge in [-0.05, 0) is 12.8 Å². The first-order valence-electron chi connectivity index (χ1n) is 3.58. The van der Waals surface area contributed by atoms with Gasteiger partial charge >= 0.3 is 29.6 Å². The first-order chi connectivity index (χ1) is 4.31. The van der Waals surface area contributed by atoms with Crippen LogP contribution in [0.15, 0.2) is 0 Å². The van der Waals surface area contributed by atoms with Gasteiger partial charge in [0, 0.05) is 13.0 Å². The number of carbonyl (C=O) groups is 1. The van der Waals surface area contributed by atoms with Crippen LogP contribution in [0.4, 0.5) is 0 Å². The summed E-state index contributed by atoms with van der Waals surface area (Å²) in [5, 5.41) is 2.79. The number of hydrogen-bond acceptors (Lipinski definition) is 1. The molecule has 56 valence electrons. The second-order valence-electron chi connectivity index (χ2n) is 2.10. The van der Waals surface area contributed by atoms with Crippen molar-refractivity contribution >= 4 is 5.91 Å². The Balaban J connectivity index is -0.000000320. The van der Waals surface area contributed by atoms with Crippen LogP contribution in [0.3, 0.4) is 0 Å². The topological polar surface area (TPSA) is 29.1 Å². The van der Waals surface area contributed by atoms with Crippen LogP contribution in [-0.4, -0.2) is 12.5 Å². The fourth-order valence-electron chi connectivity index (χ4n) is 0.580. The summed E-state index contributed by atoms with van der Waals surface area (Å²) in [7, 11) is 0. The normalized spacial score (nSPS) is 8.20. The average molecular weight is 153 g/mol. The van der Waals surface area contributed by atoms with Crippen molar-refractivity contribution in [2.75, 3.05) is 6.54 Å². The van der Waals surface area contributed by atoms with Crippen molar-refractivity contribution in [2.45, 2.75) is 33.1 Å². The van der Waals surface area contributed by atoms with Gasteiger partial charge in [-0.1, -0.05) is 13.8 Å². The molecule has 0 atom stereocenters. The second kappa shape index (κ2) is 9.47. The zero-order valence-electron chi connectivity index (χ0n) is 8.24. The maximum absolute atomic E-state index is 10.7. The molecule has 0 aliphatic rings. The van der Waals surface area contributed by atoms with E-state index in [9.17, 15) is 4.79 Å². The van der Waals surface area contributed by atoms with E-state index in [-0.39, 0.29) is 36.9 Å². The number of rotatable bonds is 4. The fourth-order valence-corrected chi connectivity index (χ4v) is 0.580. The fraction of sp³-hybridized carbons (Fsp3) is 0.857. The van der Waals surface area contributed by atoms with E-state index in [1.165, 1.54) is 0 Å². The molecule has 0 fully saturated rings. The zero-order valence-corrected chi connectivity index (χ0v) is 9.24. The Morgan fingerprint density at radius 2 is 2.00 bits per heavy atom. The Morgan fingerprint density at radius 3 is 2.40 bits per heavy atom. The van der Waals surface area contributed by atoms with Crippen LogP contribution in [-0.2, 0) is 4.79 Å². The molecule has 1 amide bonds. The van der Waals surface area contributed by atoms with Gasteiger partial charge in [-0.15, -0.1) is 0 Å². The molecule has 0 radical (unpaired) electrons. The quantitative estimate of drug-likeness (QED) is 0.486. The summed E-state index contributed by atoms with van der Waals surface area (Å²) in [6.45, 7) is 4.87. The summed E-state index contributed by atoms with van der Waals surface area (Å²) >= 11 is 0. The van der Waals surface area contributed by atoms with E-state index in [1.807, 2.05) is 13.8 Å². The molecule has 0 heterocycles. The third-order valence-corrected chi connectivity index (χ3v) is 1.05. The van der Waals surface area contributed by atoms with E-state index >= 15 is 0 Å². The Morgan fingerprint density at radius 1 is 1.40 bits per heavy atom. The SMILES string of the molecule is CCCNC(=O)CCC.[H-].[Na+]. The van der Waals surface area contributed by atoms with E-state index in [0.29, 0.717) is 6.42 Å². The number of hydrogen-bond donors (Lipinski definition) is 1. The molecule has 0 unspecified atom stereocenters. The molecular weight excluding hydrogens is 137 g/mol. The van der Waals surface area contributed by atoms with Crippen LogP contribution in [0, 0.1) is 0 Å². The van der Waals surface area contributed by atoms with E-state index in [2.05, 4.69) is 5.32 Å². The van der Waals surface area contributed by atoms with Crippen LogP contribution in [0.5, 0.6) is 0 Å². The Hall–Kier alpha value is 0.470. The molecule has 0 rings (SSSR count). The minimum Gasteiger partial charge on any atom is -1.00 e. The Labute approximate surface area is 86.5 Å². The van der Waals surface area contributed by atoms with Crippen LogP contribution in [0.1, 0.15) is 34.5 Å². The standard InChI is InChI=1S/C7H15NO.Na.H/c1-3-5-7(9)8-6-4-2;;/h3-6H2,1-2H3,(H,8,9);;/q;+1;-1. The van der Waals surface area contributed by atoms with Crippen molar-refractivity contribution in [3.8, 4) is 0 Å². The van der Waals surface area contributed by atoms with E-state index in [0.717, 1.165) is 19.4 Å². The minimum absolute atomic E-state index is 0. The van der Waals surface area contributed by atoms with Gasteiger partial charge in [0.05, 0.1) is 0 Å². The number of nitrogens with one attached hydrogen (secondary N) is 1. The summed E-state index contributed by atoms with van der Waals surface area (Å²) in [4.78, 5) is 10.7. The van der Waals surface area contributed by atoms with Crippen molar-refractivity contribution in [3.63, 3.8) is 0 Å². The molecule has 3 heteroatoms. The molecule has 0 aliphatic carbocycles. The van der Waals surface area contributed by atoms with Gasteiger partial charge in [-0.3, -0.25) is 4.79 Å². The molecule has 0 bridgehead atoms. The van der Waals surface area contributed by atoms with Gasteiger partial charge in [-0.2, -0.15) is 0 Å². The predicted octanol–water partition coefficient (Wildman–Crippen LogP) is -1.57. The predicted molar refractivity (Wildman–Crippen MR) is 39.3 cm³/mol. The van der Waals surface area contributed by atoms with Crippen LogP contribution in [0.25, 0.3) is 0 Å². The molecule has 1 N–H and O–H groups in total. The van der Waals surface area contributed by atoms with E-state index in [4.69, 9.17) is 0 Å². The Bertz CT molecular complexity index is 90.5. The molecule has 0 saturated carbocycles. The summed E-state index contributed by atoms with van der Waals surface area (Å²) in [6.07, 6.45) is 2.63. The smallest absolute Gasteiger partial charge is 1.00 e.